The van der Waals surface area contributed by atoms with Crippen LogP contribution in [0.5, 0.6) is 0 Å². The molecule has 0 aliphatic carbocycles. The third-order valence-corrected chi connectivity index (χ3v) is 5.18. The summed E-state index contributed by atoms with van der Waals surface area (Å²) in [6.07, 6.45) is 0.691. The molecule has 0 saturated carbocycles. The third-order valence-electron chi connectivity index (χ3n) is 4.70. The molecule has 0 aliphatic rings. The number of aliphatic hydroxyl groups excluding tert-OH is 1. The second-order valence-electron chi connectivity index (χ2n) is 6.80. The van der Waals surface area contributed by atoms with Crippen molar-refractivity contribution in [3.05, 3.63) is 64.3 Å². The van der Waals surface area contributed by atoms with Gasteiger partial charge < -0.3 is 15.4 Å². The molecule has 8 nitrogen and oxygen atoms in total. The van der Waals surface area contributed by atoms with E-state index in [0.29, 0.717) is 22.4 Å². The summed E-state index contributed by atoms with van der Waals surface area (Å²) in [6.45, 7) is 3.14. The summed E-state index contributed by atoms with van der Waals surface area (Å²) in [5.74, 6) is -1.13. The van der Waals surface area contributed by atoms with E-state index in [1.165, 1.54) is 13.0 Å². The van der Waals surface area contributed by atoms with Gasteiger partial charge in [0.15, 0.2) is 0 Å². The predicted octanol–water partition coefficient (Wildman–Crippen LogP) is 2.62. The minimum Gasteiger partial charge on any atom is -0.391 e. The van der Waals surface area contributed by atoms with Crippen molar-refractivity contribution in [3.63, 3.8) is 0 Å². The van der Waals surface area contributed by atoms with Crippen LogP contribution in [-0.2, 0) is 4.79 Å². The predicted molar refractivity (Wildman–Crippen MR) is 114 cm³/mol. The van der Waals surface area contributed by atoms with Gasteiger partial charge in [0.2, 0.25) is 0 Å². The zero-order valence-corrected chi connectivity index (χ0v) is 17.0. The summed E-state index contributed by atoms with van der Waals surface area (Å²) in [5, 5.41) is 23.2. The zero-order valence-electron chi connectivity index (χ0n) is 16.3. The standard InChI is InChI=1S/C21H20ClN5O3/c1-11-16(5-4-15(10-23)18(11)22)25-19(12(2)28)21(30)27-26-20(29)14-3-6-17-13(9-14)7-8-24-17/h3-9,12,19,24-25,28H,1-2H3,(H,26,29)(H,27,30)/t12?,19-/m1/s1. The van der Waals surface area contributed by atoms with Crippen LogP contribution >= 0.6 is 11.6 Å². The average Bonchev–Trinajstić information content (AvgIpc) is 3.20. The molecule has 0 saturated heterocycles. The molecule has 2 amide bonds. The van der Waals surface area contributed by atoms with Crippen LogP contribution in [0, 0.1) is 18.3 Å². The fraction of sp³-hybridized carbons (Fsp3) is 0.190. The first-order chi connectivity index (χ1) is 14.3. The number of nitriles is 1. The number of nitrogens with one attached hydrogen (secondary N) is 4. The molecule has 3 rings (SSSR count). The summed E-state index contributed by atoms with van der Waals surface area (Å²) in [7, 11) is 0. The van der Waals surface area contributed by atoms with Crippen LogP contribution in [0.1, 0.15) is 28.4 Å². The second-order valence-corrected chi connectivity index (χ2v) is 7.18. The molecule has 2 aromatic carbocycles. The lowest BCUT2D eigenvalue weighted by atomic mass is 10.1. The number of nitrogens with zero attached hydrogens (tertiary/aromatic N) is 1. The number of hydrazine groups is 1. The summed E-state index contributed by atoms with van der Waals surface area (Å²) in [6, 6.07) is 11.0. The Kier molecular flexibility index (Phi) is 6.26. The highest BCUT2D eigenvalue weighted by molar-refractivity contribution is 6.32. The van der Waals surface area contributed by atoms with Crippen molar-refractivity contribution < 1.29 is 14.7 Å². The minimum atomic E-state index is -1.08. The topological polar surface area (TPSA) is 130 Å². The highest BCUT2D eigenvalue weighted by atomic mass is 35.5. The first-order valence-electron chi connectivity index (χ1n) is 9.13. The lowest BCUT2D eigenvalue weighted by Gasteiger charge is -2.23. The van der Waals surface area contributed by atoms with E-state index in [1.54, 1.807) is 37.4 Å². The van der Waals surface area contributed by atoms with E-state index >= 15 is 0 Å². The molecule has 5 N–H and O–H groups in total. The number of halogens is 1. The van der Waals surface area contributed by atoms with Gasteiger partial charge in [-0.05, 0) is 55.8 Å². The Bertz CT molecular complexity index is 1150. The minimum absolute atomic E-state index is 0.265. The monoisotopic (exact) mass is 425 g/mol. The maximum absolute atomic E-state index is 12.6. The van der Waals surface area contributed by atoms with Crippen LogP contribution < -0.4 is 16.2 Å². The number of aliphatic hydroxyl groups is 1. The Morgan fingerprint density at radius 3 is 2.67 bits per heavy atom. The van der Waals surface area contributed by atoms with E-state index in [1.807, 2.05) is 12.1 Å². The number of fused-ring (bicyclic) bond motifs is 1. The van der Waals surface area contributed by atoms with Gasteiger partial charge in [-0.15, -0.1) is 0 Å². The van der Waals surface area contributed by atoms with Crippen molar-refractivity contribution in [1.82, 2.24) is 15.8 Å². The van der Waals surface area contributed by atoms with E-state index in [2.05, 4.69) is 21.2 Å². The Hall–Kier alpha value is -3.54. The number of amides is 2. The van der Waals surface area contributed by atoms with Crippen LogP contribution in [-0.4, -0.2) is 34.1 Å². The smallest absolute Gasteiger partial charge is 0.269 e. The number of aromatic nitrogens is 1. The van der Waals surface area contributed by atoms with Gasteiger partial charge in [0, 0.05) is 28.4 Å². The van der Waals surface area contributed by atoms with Crippen molar-refractivity contribution in [2.75, 3.05) is 5.32 Å². The number of benzene rings is 2. The average molecular weight is 426 g/mol. The molecule has 9 heteroatoms. The van der Waals surface area contributed by atoms with Crippen LogP contribution in [0.2, 0.25) is 5.02 Å². The van der Waals surface area contributed by atoms with Crippen molar-refractivity contribution in [2.45, 2.75) is 26.0 Å². The largest absolute Gasteiger partial charge is 0.391 e. The number of hydrogen-bond acceptors (Lipinski definition) is 5. The molecule has 3 aromatic rings. The van der Waals surface area contributed by atoms with Gasteiger partial charge in [-0.25, -0.2) is 0 Å². The summed E-state index contributed by atoms with van der Waals surface area (Å²) in [5.41, 5.74) is 7.31. The van der Waals surface area contributed by atoms with Gasteiger partial charge in [0.1, 0.15) is 12.1 Å². The van der Waals surface area contributed by atoms with E-state index in [-0.39, 0.29) is 5.02 Å². The van der Waals surface area contributed by atoms with E-state index in [0.717, 1.165) is 10.9 Å². The van der Waals surface area contributed by atoms with Crippen LogP contribution in [0.25, 0.3) is 10.9 Å². The highest BCUT2D eigenvalue weighted by Gasteiger charge is 2.25. The molecule has 0 spiro atoms. The summed E-state index contributed by atoms with van der Waals surface area (Å²) >= 11 is 6.16. The quantitative estimate of drug-likeness (QED) is 0.401. The lowest BCUT2D eigenvalue weighted by Crippen LogP contribution is -2.52. The number of aromatic amines is 1. The fourth-order valence-corrected chi connectivity index (χ4v) is 3.17. The molecule has 2 atom stereocenters. The fourth-order valence-electron chi connectivity index (χ4n) is 2.96. The number of hydrogen-bond donors (Lipinski definition) is 5. The van der Waals surface area contributed by atoms with Gasteiger partial charge in [0.25, 0.3) is 11.8 Å². The van der Waals surface area contributed by atoms with Crippen LogP contribution in [0.3, 0.4) is 0 Å². The van der Waals surface area contributed by atoms with Gasteiger partial charge in [-0.2, -0.15) is 5.26 Å². The molecular weight excluding hydrogens is 406 g/mol. The Morgan fingerprint density at radius 1 is 1.20 bits per heavy atom. The van der Waals surface area contributed by atoms with Gasteiger partial charge in [-0.1, -0.05) is 11.6 Å². The van der Waals surface area contributed by atoms with Crippen LogP contribution in [0.15, 0.2) is 42.6 Å². The summed E-state index contributed by atoms with van der Waals surface area (Å²) < 4.78 is 0. The Labute approximate surface area is 177 Å². The van der Waals surface area contributed by atoms with Crippen molar-refractivity contribution in [2.24, 2.45) is 0 Å². The molecule has 0 radical (unpaired) electrons. The molecule has 0 fully saturated rings. The molecule has 1 heterocycles. The van der Waals surface area contributed by atoms with E-state index < -0.39 is 24.0 Å². The maximum Gasteiger partial charge on any atom is 0.269 e. The Morgan fingerprint density at radius 2 is 1.97 bits per heavy atom. The van der Waals surface area contributed by atoms with Crippen molar-refractivity contribution in [3.8, 4) is 6.07 Å². The third kappa shape index (κ3) is 4.38. The molecule has 1 aromatic heterocycles. The number of rotatable bonds is 5. The molecule has 154 valence electrons. The highest BCUT2D eigenvalue weighted by Crippen LogP contribution is 2.27. The van der Waals surface area contributed by atoms with E-state index in [9.17, 15) is 14.7 Å². The first kappa shape index (κ1) is 21.2. The number of carbonyl (C=O) groups excluding carboxylic acids is 2. The number of anilines is 1. The zero-order chi connectivity index (χ0) is 21.8. The van der Waals surface area contributed by atoms with Crippen molar-refractivity contribution in [1.29, 1.82) is 5.26 Å². The molecule has 0 aliphatic heterocycles. The Balaban J connectivity index is 1.69. The lowest BCUT2D eigenvalue weighted by molar-refractivity contribution is -0.124. The second kappa shape index (κ2) is 8.86. The normalized spacial score (nSPS) is 12.6. The number of H-pyrrole nitrogens is 1. The molecular formula is C21H20ClN5O3. The van der Waals surface area contributed by atoms with E-state index in [4.69, 9.17) is 16.9 Å². The molecule has 30 heavy (non-hydrogen) atoms. The van der Waals surface area contributed by atoms with Crippen molar-refractivity contribution >= 4 is 40.0 Å². The SMILES string of the molecule is Cc1c(N[C@@H](C(=O)NNC(=O)c2ccc3[nH]ccc3c2)C(C)O)ccc(C#N)c1Cl. The van der Waals surface area contributed by atoms with Gasteiger partial charge >= 0.3 is 0 Å². The maximum atomic E-state index is 12.6. The molecule has 0 bridgehead atoms. The first-order valence-corrected chi connectivity index (χ1v) is 9.50. The van der Waals surface area contributed by atoms with Gasteiger partial charge in [-0.3, -0.25) is 20.4 Å². The molecule has 1 unspecified atom stereocenters. The summed E-state index contributed by atoms with van der Waals surface area (Å²) in [4.78, 5) is 28.0. The van der Waals surface area contributed by atoms with Gasteiger partial charge in [0.05, 0.1) is 16.7 Å². The van der Waals surface area contributed by atoms with Crippen LogP contribution in [0.4, 0.5) is 5.69 Å². The number of carbonyl (C=O) groups is 2.